The van der Waals surface area contributed by atoms with Crippen molar-refractivity contribution in [3.63, 3.8) is 0 Å². The first kappa shape index (κ1) is 34.1. The van der Waals surface area contributed by atoms with Crippen LogP contribution in [0.15, 0.2) is 60.8 Å². The van der Waals surface area contributed by atoms with E-state index in [1.807, 2.05) is 49.1 Å². The van der Waals surface area contributed by atoms with E-state index in [-0.39, 0.29) is 26.7 Å². The van der Waals surface area contributed by atoms with E-state index in [0.717, 1.165) is 37.2 Å². The Morgan fingerprint density at radius 2 is 1.76 bits per heavy atom. The zero-order valence-corrected chi connectivity index (χ0v) is 27.0. The number of carbonyl (C=O) groups excluding carboxylic acids is 2. The van der Waals surface area contributed by atoms with Gasteiger partial charge in [0.05, 0.1) is 11.6 Å². The number of H-pyrrole nitrogens is 1. The molecular formula is C31H48FIN6O2. The third kappa shape index (κ3) is 10.0. The number of nitrogens with zero attached hydrogens (tertiary/aromatic N) is 3. The summed E-state index contributed by atoms with van der Waals surface area (Å²) in [6, 6.07) is 12.6. The van der Waals surface area contributed by atoms with E-state index in [1.54, 1.807) is 31.0 Å². The van der Waals surface area contributed by atoms with Gasteiger partial charge < -0.3 is 25.4 Å². The first-order valence-electron chi connectivity index (χ1n) is 14.1. The highest BCUT2D eigenvalue weighted by molar-refractivity contribution is 14.1. The van der Waals surface area contributed by atoms with E-state index in [0.29, 0.717) is 17.9 Å². The largest absolute Gasteiger partial charge is 0.375 e. The molecule has 0 radical (unpaired) electrons. The number of fused-ring (bicyclic) bond motifs is 1. The average Bonchev–Trinajstić information content (AvgIpc) is 3.46. The van der Waals surface area contributed by atoms with Crippen LogP contribution in [0, 0.1) is 5.82 Å². The van der Waals surface area contributed by atoms with Crippen LogP contribution >= 0.6 is 22.6 Å². The summed E-state index contributed by atoms with van der Waals surface area (Å²) in [4.78, 5) is 39.6. The molecule has 3 amide bonds. The highest BCUT2D eigenvalue weighted by atomic mass is 127. The summed E-state index contributed by atoms with van der Waals surface area (Å²) < 4.78 is 14.1. The van der Waals surface area contributed by atoms with Crippen LogP contribution in [0.25, 0.3) is 11.0 Å². The van der Waals surface area contributed by atoms with Crippen molar-refractivity contribution < 1.29 is 16.8 Å². The van der Waals surface area contributed by atoms with Gasteiger partial charge >= 0.3 is 6.03 Å². The summed E-state index contributed by atoms with van der Waals surface area (Å²) in [6.07, 6.45) is 3.64. The Morgan fingerprint density at radius 1 is 1.10 bits per heavy atom. The van der Waals surface area contributed by atoms with E-state index < -0.39 is 17.9 Å². The summed E-state index contributed by atoms with van der Waals surface area (Å²) >= 11 is 2.15. The standard InChI is InChI=1S/C28H35FN6O2.C2H6.CH3I.2H2/c1-19(35-15-8-5-9-16-35)17-24(32-28(37)34(3)18-21-11-6-4-7-12-21)27(36)30-20(2)26-31-23-14-10-13-22(29)25(23)33-26;2*1-2;;/h4,6-7,10-14,20,24H,1,5,8-9,15-18H2,2-3H3,(H,30,36)(H,31,33)(H,32,37);1-2H3;1H3;2*1H/t20-,24-;;;;/m0..../s1. The number of nitrogens with one attached hydrogen (secondary N) is 3. The van der Waals surface area contributed by atoms with E-state index in [4.69, 9.17) is 0 Å². The lowest BCUT2D eigenvalue weighted by atomic mass is 10.1. The number of para-hydroxylation sites is 1. The molecule has 2 atom stereocenters. The quantitative estimate of drug-likeness (QED) is 0.167. The summed E-state index contributed by atoms with van der Waals surface area (Å²) in [6.45, 7) is 12.2. The van der Waals surface area contributed by atoms with E-state index in [2.05, 4.69) is 54.7 Å². The molecule has 0 bridgehead atoms. The number of carbonyl (C=O) groups is 2. The molecular weight excluding hydrogens is 634 g/mol. The number of hydrogen-bond acceptors (Lipinski definition) is 4. The van der Waals surface area contributed by atoms with Gasteiger partial charge in [-0.1, -0.05) is 79.4 Å². The van der Waals surface area contributed by atoms with Crippen molar-refractivity contribution in [2.75, 3.05) is 25.1 Å². The minimum atomic E-state index is -0.830. The number of hydrogen-bond donors (Lipinski definition) is 3. The number of rotatable bonds is 9. The number of likely N-dealkylation sites (tertiary alicyclic amines) is 1. The van der Waals surface area contributed by atoms with Gasteiger partial charge in [-0.05, 0) is 48.8 Å². The lowest BCUT2D eigenvalue weighted by Gasteiger charge is -2.32. The molecule has 1 fully saturated rings. The van der Waals surface area contributed by atoms with E-state index >= 15 is 0 Å². The van der Waals surface area contributed by atoms with Gasteiger partial charge in [0, 0.05) is 41.7 Å². The number of benzene rings is 2. The SMILES string of the molecule is C=C(C[C@H](NC(=O)N(C)Cc1ccccc1)C(=O)N[C@@H](C)c1nc2c(F)cccc2[nH]1)N1CCCCC1.CC.CI.[HH].[HH]. The molecule has 0 unspecified atom stereocenters. The fourth-order valence-electron chi connectivity index (χ4n) is 4.58. The molecule has 1 saturated heterocycles. The molecule has 1 aliphatic rings. The maximum Gasteiger partial charge on any atom is 0.318 e. The number of piperidine rings is 1. The van der Waals surface area contributed by atoms with Crippen molar-refractivity contribution in [1.29, 1.82) is 0 Å². The highest BCUT2D eigenvalue weighted by Crippen LogP contribution is 2.20. The third-order valence-electron chi connectivity index (χ3n) is 6.72. The summed E-state index contributed by atoms with van der Waals surface area (Å²) in [5, 5.41) is 5.83. The van der Waals surface area contributed by atoms with Crippen LogP contribution in [0.4, 0.5) is 9.18 Å². The van der Waals surface area contributed by atoms with Gasteiger partial charge in [-0.25, -0.2) is 14.2 Å². The van der Waals surface area contributed by atoms with Crippen molar-refractivity contribution in [1.82, 2.24) is 30.4 Å². The number of halogens is 2. The van der Waals surface area contributed by atoms with Crippen molar-refractivity contribution in [2.45, 2.75) is 65.1 Å². The number of urea groups is 1. The van der Waals surface area contributed by atoms with Gasteiger partial charge in [-0.2, -0.15) is 0 Å². The third-order valence-corrected chi connectivity index (χ3v) is 6.72. The minimum Gasteiger partial charge on any atom is -0.375 e. The second-order valence-electron chi connectivity index (χ2n) is 9.65. The normalized spacial score (nSPS) is 14.0. The first-order chi connectivity index (χ1) is 19.8. The Hall–Kier alpha value is -3.15. The zero-order chi connectivity index (χ0) is 30.4. The number of imidazole rings is 1. The Labute approximate surface area is 260 Å². The molecule has 0 spiro atoms. The van der Waals surface area contributed by atoms with Gasteiger partial charge in [-0.15, -0.1) is 0 Å². The van der Waals surface area contributed by atoms with Gasteiger partial charge in [0.25, 0.3) is 0 Å². The fourth-order valence-corrected chi connectivity index (χ4v) is 4.58. The summed E-state index contributed by atoms with van der Waals surface area (Å²) in [7, 11) is 1.70. The Kier molecular flexibility index (Phi) is 14.6. The summed E-state index contributed by atoms with van der Waals surface area (Å²) in [5.74, 6) is -0.342. The predicted octanol–water partition coefficient (Wildman–Crippen LogP) is 7.05. The van der Waals surface area contributed by atoms with Crippen molar-refractivity contribution in [3.8, 4) is 0 Å². The number of alkyl halides is 1. The average molecular weight is 683 g/mol. The topological polar surface area (TPSA) is 93.4 Å². The molecule has 2 aromatic carbocycles. The van der Waals surface area contributed by atoms with Gasteiger partial charge in [-0.3, -0.25) is 4.79 Å². The number of aromatic amines is 1. The minimum absolute atomic E-state index is 0. The van der Waals surface area contributed by atoms with E-state index in [9.17, 15) is 14.0 Å². The maximum atomic E-state index is 14.1. The fraction of sp³-hybridized carbons (Fsp3) is 0.452. The molecule has 1 aliphatic heterocycles. The Morgan fingerprint density at radius 3 is 2.39 bits per heavy atom. The zero-order valence-electron chi connectivity index (χ0n) is 24.8. The van der Waals surface area contributed by atoms with E-state index in [1.165, 1.54) is 12.5 Å². The first-order valence-corrected chi connectivity index (χ1v) is 16.3. The van der Waals surface area contributed by atoms with Crippen molar-refractivity contribution >= 4 is 45.6 Å². The Bertz CT molecular complexity index is 1260. The van der Waals surface area contributed by atoms with Crippen LogP contribution in [0.1, 0.15) is 66.7 Å². The monoisotopic (exact) mass is 682 g/mol. The molecule has 228 valence electrons. The van der Waals surface area contributed by atoms with Crippen molar-refractivity contribution in [3.05, 3.63) is 78.0 Å². The second kappa shape index (κ2) is 17.6. The Balaban J connectivity index is 0.00000282. The van der Waals surface area contributed by atoms with Gasteiger partial charge in [0.15, 0.2) is 5.82 Å². The van der Waals surface area contributed by atoms with Crippen molar-refractivity contribution in [2.24, 2.45) is 0 Å². The van der Waals surface area contributed by atoms with Crippen LogP contribution in [0.3, 0.4) is 0 Å². The van der Waals surface area contributed by atoms with Gasteiger partial charge in [0.1, 0.15) is 17.4 Å². The predicted molar refractivity (Wildman–Crippen MR) is 178 cm³/mol. The molecule has 0 saturated carbocycles. The second-order valence-corrected chi connectivity index (χ2v) is 9.65. The van der Waals surface area contributed by atoms with Gasteiger partial charge in [0.2, 0.25) is 5.91 Å². The summed E-state index contributed by atoms with van der Waals surface area (Å²) in [5.41, 5.74) is 2.60. The maximum absolute atomic E-state index is 14.1. The van der Waals surface area contributed by atoms with Crippen LogP contribution in [0.5, 0.6) is 0 Å². The molecule has 8 nitrogen and oxygen atoms in total. The molecule has 1 aromatic heterocycles. The molecule has 10 heteroatoms. The van der Waals surface area contributed by atoms with Crippen LogP contribution in [-0.4, -0.2) is 62.8 Å². The molecule has 3 N–H and O–H groups in total. The lowest BCUT2D eigenvalue weighted by molar-refractivity contribution is -0.123. The number of aromatic nitrogens is 2. The van der Waals surface area contributed by atoms with Crippen LogP contribution < -0.4 is 10.6 Å². The molecule has 0 aliphatic carbocycles. The van der Waals surface area contributed by atoms with Crippen LogP contribution in [0.2, 0.25) is 0 Å². The molecule has 3 aromatic rings. The smallest absolute Gasteiger partial charge is 0.318 e. The highest BCUT2D eigenvalue weighted by Gasteiger charge is 2.27. The molecule has 41 heavy (non-hydrogen) atoms. The van der Waals surface area contributed by atoms with Crippen LogP contribution in [-0.2, 0) is 11.3 Å². The molecule has 4 rings (SSSR count). The lowest BCUT2D eigenvalue weighted by Crippen LogP contribution is -2.51. The number of amides is 3. The molecule has 2 heterocycles.